The molecule has 4 nitrogen and oxygen atoms in total. The molecule has 0 aliphatic rings. The van der Waals surface area contributed by atoms with Gasteiger partial charge in [-0.1, -0.05) is 53.7 Å². The predicted octanol–water partition coefficient (Wildman–Crippen LogP) is 4.99. The van der Waals surface area contributed by atoms with Gasteiger partial charge in [-0.3, -0.25) is 4.79 Å². The van der Waals surface area contributed by atoms with Gasteiger partial charge in [0.25, 0.3) is 0 Å². The van der Waals surface area contributed by atoms with E-state index in [9.17, 15) is 4.79 Å². The fourth-order valence-electron chi connectivity index (χ4n) is 2.35. The minimum atomic E-state index is -0.374. The Morgan fingerprint density at radius 1 is 1.20 bits per heavy atom. The molecule has 0 N–H and O–H groups in total. The molecule has 0 bridgehead atoms. The zero-order chi connectivity index (χ0) is 17.8. The summed E-state index contributed by atoms with van der Waals surface area (Å²) in [5.74, 6) is 0.358. The van der Waals surface area contributed by atoms with Crippen molar-refractivity contribution >= 4 is 40.2 Å². The second-order valence-corrected chi connectivity index (χ2v) is 7.16. The van der Waals surface area contributed by atoms with Crippen molar-refractivity contribution in [1.29, 1.82) is 0 Å². The summed E-state index contributed by atoms with van der Waals surface area (Å²) in [6.45, 7) is 3.96. The summed E-state index contributed by atoms with van der Waals surface area (Å²) in [7, 11) is 0. The Kier molecular flexibility index (Phi) is 5.56. The second kappa shape index (κ2) is 7.85. The van der Waals surface area contributed by atoms with Gasteiger partial charge in [-0.05, 0) is 32.0 Å². The third kappa shape index (κ3) is 4.11. The molecule has 3 rings (SSSR count). The molecule has 0 amide bonds. The highest BCUT2D eigenvalue weighted by atomic mass is 35.5. The fraction of sp³-hybridized carbons (Fsp3) is 0.211. The highest BCUT2D eigenvalue weighted by molar-refractivity contribution is 8.00. The lowest BCUT2D eigenvalue weighted by Crippen LogP contribution is -2.17. The van der Waals surface area contributed by atoms with Crippen LogP contribution in [0, 0.1) is 0 Å². The molecule has 0 aliphatic carbocycles. The number of hydrogen-bond donors (Lipinski definition) is 0. The van der Waals surface area contributed by atoms with Crippen molar-refractivity contribution in [2.24, 2.45) is 0 Å². The minimum Gasteiger partial charge on any atom is -0.465 e. The van der Waals surface area contributed by atoms with Crippen LogP contribution in [0.2, 0.25) is 5.02 Å². The monoisotopic (exact) mass is 372 g/mol. The maximum absolute atomic E-state index is 12.0. The van der Waals surface area contributed by atoms with E-state index in [0.29, 0.717) is 22.5 Å². The van der Waals surface area contributed by atoms with Gasteiger partial charge in [-0.2, -0.15) is 0 Å². The highest BCUT2D eigenvalue weighted by Crippen LogP contribution is 2.32. The van der Waals surface area contributed by atoms with Crippen LogP contribution < -0.4 is 0 Å². The van der Waals surface area contributed by atoms with Crippen LogP contribution in [0.4, 0.5) is 0 Å². The number of carbonyl (C=O) groups is 1. The van der Waals surface area contributed by atoms with Crippen molar-refractivity contribution in [3.63, 3.8) is 0 Å². The van der Waals surface area contributed by atoms with E-state index in [0.717, 1.165) is 16.5 Å². The standard InChI is InChI=1S/C19H17ClN2O2S/c1-3-24-19(23)12(2)25-18-15-11-14(20)9-10-16(15)21-17(22-18)13-7-5-4-6-8-13/h4-12H,3H2,1-2H3/t12-/m0/s1. The van der Waals surface area contributed by atoms with E-state index < -0.39 is 0 Å². The van der Waals surface area contributed by atoms with Gasteiger partial charge in [-0.15, -0.1) is 0 Å². The first-order valence-corrected chi connectivity index (χ1v) is 9.20. The third-order valence-electron chi connectivity index (χ3n) is 3.56. The zero-order valence-corrected chi connectivity index (χ0v) is 15.5. The summed E-state index contributed by atoms with van der Waals surface area (Å²) in [4.78, 5) is 21.3. The van der Waals surface area contributed by atoms with Crippen molar-refractivity contribution in [3.05, 3.63) is 53.6 Å². The average molecular weight is 373 g/mol. The fourth-order valence-corrected chi connectivity index (χ4v) is 3.45. The molecular formula is C19H17ClN2O2S. The maximum atomic E-state index is 12.0. The van der Waals surface area contributed by atoms with Crippen LogP contribution in [0.3, 0.4) is 0 Å². The van der Waals surface area contributed by atoms with Crippen LogP contribution in [-0.2, 0) is 9.53 Å². The zero-order valence-electron chi connectivity index (χ0n) is 13.9. The Balaban J connectivity index is 2.07. The number of carbonyl (C=O) groups excluding carboxylic acids is 1. The van der Waals surface area contributed by atoms with Gasteiger partial charge in [0.2, 0.25) is 0 Å². The molecule has 0 saturated heterocycles. The number of nitrogens with zero attached hydrogens (tertiary/aromatic N) is 2. The molecule has 0 fully saturated rings. The minimum absolute atomic E-state index is 0.262. The van der Waals surface area contributed by atoms with Gasteiger partial charge in [-0.25, -0.2) is 9.97 Å². The van der Waals surface area contributed by atoms with Crippen LogP contribution in [0.25, 0.3) is 22.3 Å². The molecule has 2 aromatic carbocycles. The number of rotatable bonds is 5. The highest BCUT2D eigenvalue weighted by Gasteiger charge is 2.19. The first kappa shape index (κ1) is 17.7. The van der Waals surface area contributed by atoms with E-state index in [4.69, 9.17) is 16.3 Å². The number of aromatic nitrogens is 2. The molecule has 0 aliphatic heterocycles. The molecule has 128 valence electrons. The average Bonchev–Trinajstić information content (AvgIpc) is 2.62. The van der Waals surface area contributed by atoms with Crippen molar-refractivity contribution in [2.45, 2.75) is 24.1 Å². The van der Waals surface area contributed by atoms with Crippen molar-refractivity contribution in [3.8, 4) is 11.4 Å². The lowest BCUT2D eigenvalue weighted by atomic mass is 10.2. The quantitative estimate of drug-likeness (QED) is 0.358. The molecule has 6 heteroatoms. The van der Waals surface area contributed by atoms with Crippen LogP contribution in [0.1, 0.15) is 13.8 Å². The molecule has 1 atom stereocenters. The molecule has 1 heterocycles. The van der Waals surface area contributed by atoms with Crippen molar-refractivity contribution in [2.75, 3.05) is 6.61 Å². The Morgan fingerprint density at radius 2 is 1.96 bits per heavy atom. The molecule has 25 heavy (non-hydrogen) atoms. The number of benzene rings is 2. The smallest absolute Gasteiger partial charge is 0.319 e. The first-order valence-electron chi connectivity index (χ1n) is 7.94. The number of esters is 1. The molecule has 1 aromatic heterocycles. The summed E-state index contributed by atoms with van der Waals surface area (Å²) in [5, 5.41) is 1.77. The Hall–Kier alpha value is -2.11. The normalized spacial score (nSPS) is 12.1. The number of ether oxygens (including phenoxy) is 1. The van der Waals surface area contributed by atoms with E-state index in [1.165, 1.54) is 11.8 Å². The van der Waals surface area contributed by atoms with Gasteiger partial charge >= 0.3 is 5.97 Å². The van der Waals surface area contributed by atoms with E-state index in [-0.39, 0.29) is 11.2 Å². The lowest BCUT2D eigenvalue weighted by molar-refractivity contribution is -0.142. The van der Waals surface area contributed by atoms with Gasteiger partial charge < -0.3 is 4.74 Å². The van der Waals surface area contributed by atoms with Gasteiger partial charge in [0.05, 0.1) is 12.1 Å². The van der Waals surface area contributed by atoms with E-state index in [1.807, 2.05) is 49.4 Å². The summed E-state index contributed by atoms with van der Waals surface area (Å²) in [6, 6.07) is 15.2. The molecule has 0 spiro atoms. The molecular weight excluding hydrogens is 356 g/mol. The van der Waals surface area contributed by atoms with Gasteiger partial charge in [0, 0.05) is 16.0 Å². The Bertz CT molecular complexity index is 903. The predicted molar refractivity (Wildman–Crippen MR) is 102 cm³/mol. The second-order valence-electron chi connectivity index (χ2n) is 5.39. The number of fused-ring (bicyclic) bond motifs is 1. The number of thioether (sulfide) groups is 1. The Morgan fingerprint density at radius 3 is 2.68 bits per heavy atom. The number of halogens is 1. The van der Waals surface area contributed by atoms with Crippen LogP contribution >= 0.6 is 23.4 Å². The lowest BCUT2D eigenvalue weighted by Gasteiger charge is -2.13. The van der Waals surface area contributed by atoms with Crippen molar-refractivity contribution < 1.29 is 9.53 Å². The summed E-state index contributed by atoms with van der Waals surface area (Å²) >= 11 is 7.49. The van der Waals surface area contributed by atoms with Gasteiger partial charge in [0.15, 0.2) is 5.82 Å². The largest absolute Gasteiger partial charge is 0.465 e. The van der Waals surface area contributed by atoms with E-state index in [2.05, 4.69) is 9.97 Å². The summed E-state index contributed by atoms with van der Waals surface area (Å²) in [5.41, 5.74) is 1.71. The van der Waals surface area contributed by atoms with E-state index in [1.54, 1.807) is 13.0 Å². The van der Waals surface area contributed by atoms with Gasteiger partial charge in [0.1, 0.15) is 10.3 Å². The summed E-state index contributed by atoms with van der Waals surface area (Å²) in [6.07, 6.45) is 0. The first-order chi connectivity index (χ1) is 12.1. The maximum Gasteiger partial charge on any atom is 0.319 e. The number of hydrogen-bond acceptors (Lipinski definition) is 5. The van der Waals surface area contributed by atoms with Crippen LogP contribution in [0.15, 0.2) is 53.6 Å². The topological polar surface area (TPSA) is 52.1 Å². The SMILES string of the molecule is CCOC(=O)[C@H](C)Sc1nc(-c2ccccc2)nc2ccc(Cl)cc12. The third-order valence-corrected chi connectivity index (χ3v) is 4.88. The molecule has 0 unspecified atom stereocenters. The van der Waals surface area contributed by atoms with Crippen molar-refractivity contribution in [1.82, 2.24) is 9.97 Å². The Labute approximate surface area is 155 Å². The molecule has 0 saturated carbocycles. The molecule has 0 radical (unpaired) electrons. The van der Waals surface area contributed by atoms with Crippen LogP contribution in [0.5, 0.6) is 0 Å². The van der Waals surface area contributed by atoms with E-state index >= 15 is 0 Å². The molecule has 3 aromatic rings. The summed E-state index contributed by atoms with van der Waals surface area (Å²) < 4.78 is 5.10. The van der Waals surface area contributed by atoms with Crippen LogP contribution in [-0.4, -0.2) is 27.8 Å².